The molecular weight excluding hydrogens is 124 g/mol. The maximum Gasteiger partial charge on any atom is 0.123 e. The summed E-state index contributed by atoms with van der Waals surface area (Å²) in [4.78, 5) is 10.0. The second kappa shape index (κ2) is 2.33. The molecule has 1 heterocycles. The number of carboxylic acid groups (broad SMARTS) is 1. The van der Waals surface area contributed by atoms with Crippen LogP contribution in [0.25, 0.3) is 0 Å². The predicted octanol–water partition coefficient (Wildman–Crippen LogP) is -2.11. The van der Waals surface area contributed by atoms with Gasteiger partial charge in [-0.3, -0.25) is 0 Å². The largest absolute Gasteiger partial charge is 0.547 e. The molecule has 2 unspecified atom stereocenters. The van der Waals surface area contributed by atoms with Crippen molar-refractivity contribution in [2.75, 3.05) is 6.61 Å². The molecule has 0 spiro atoms. The normalized spacial score (nSPS) is 34.8. The number of aliphatic carboxylic acids is 1. The fourth-order valence-corrected chi connectivity index (χ4v) is 0.803. The van der Waals surface area contributed by atoms with Crippen LogP contribution in [0.3, 0.4) is 0 Å². The molecule has 0 radical (unpaired) electrons. The van der Waals surface area contributed by atoms with Crippen LogP contribution >= 0.6 is 0 Å². The molecule has 1 aliphatic rings. The van der Waals surface area contributed by atoms with Crippen molar-refractivity contribution < 1.29 is 19.7 Å². The summed E-state index contributed by atoms with van der Waals surface area (Å²) in [6, 6.07) is 0. The van der Waals surface area contributed by atoms with Crippen molar-refractivity contribution in [3.05, 3.63) is 0 Å². The van der Waals surface area contributed by atoms with Crippen LogP contribution in [-0.4, -0.2) is 29.9 Å². The van der Waals surface area contributed by atoms with Gasteiger partial charge >= 0.3 is 0 Å². The first-order chi connectivity index (χ1) is 4.22. The lowest BCUT2D eigenvalue weighted by Crippen LogP contribution is -2.41. The van der Waals surface area contributed by atoms with E-state index in [9.17, 15) is 9.90 Å². The van der Waals surface area contributed by atoms with Gasteiger partial charge in [-0.05, 0) is 6.42 Å². The summed E-state index contributed by atoms with van der Waals surface area (Å²) >= 11 is 0. The molecule has 4 nitrogen and oxygen atoms in total. The number of hydrogen-bond acceptors (Lipinski definition) is 4. The van der Waals surface area contributed by atoms with Gasteiger partial charge in [-0.2, -0.15) is 0 Å². The van der Waals surface area contributed by atoms with Crippen LogP contribution in [0.4, 0.5) is 0 Å². The molecule has 0 bridgehead atoms. The topological polar surface area (TPSA) is 69.6 Å². The monoisotopic (exact) mass is 131 g/mol. The molecule has 0 amide bonds. The smallest absolute Gasteiger partial charge is 0.123 e. The van der Waals surface area contributed by atoms with E-state index in [0.717, 1.165) is 0 Å². The van der Waals surface area contributed by atoms with Crippen LogP contribution in [0, 0.1) is 0 Å². The number of aliphatic hydroxyl groups excluding tert-OH is 1. The van der Waals surface area contributed by atoms with Gasteiger partial charge in [0, 0.05) is 0 Å². The van der Waals surface area contributed by atoms with Crippen LogP contribution in [0.2, 0.25) is 0 Å². The van der Waals surface area contributed by atoms with Gasteiger partial charge < -0.3 is 19.7 Å². The number of rotatable bonds is 1. The van der Waals surface area contributed by atoms with Gasteiger partial charge in [-0.1, -0.05) is 0 Å². The Morgan fingerprint density at radius 3 is 2.67 bits per heavy atom. The summed E-state index contributed by atoms with van der Waals surface area (Å²) in [7, 11) is 0. The number of carbonyl (C=O) groups is 1. The maximum atomic E-state index is 10.0. The highest BCUT2D eigenvalue weighted by molar-refractivity contribution is 5.71. The summed E-state index contributed by atoms with van der Waals surface area (Å²) < 4.78 is 4.61. The van der Waals surface area contributed by atoms with E-state index < -0.39 is 18.2 Å². The summed E-state index contributed by atoms with van der Waals surface area (Å²) in [5, 5.41) is 18.8. The molecule has 1 fully saturated rings. The summed E-state index contributed by atoms with van der Waals surface area (Å²) in [5.74, 6) is -1.33. The van der Waals surface area contributed by atoms with Gasteiger partial charge in [-0.25, -0.2) is 0 Å². The predicted molar refractivity (Wildman–Crippen MR) is 25.4 cm³/mol. The van der Waals surface area contributed by atoms with Gasteiger partial charge in [0.25, 0.3) is 0 Å². The molecule has 1 aliphatic heterocycles. The molecule has 0 aromatic heterocycles. The zero-order valence-corrected chi connectivity index (χ0v) is 4.74. The van der Waals surface area contributed by atoms with Crippen molar-refractivity contribution in [3.63, 3.8) is 0 Å². The zero-order chi connectivity index (χ0) is 6.85. The van der Waals surface area contributed by atoms with Crippen LogP contribution in [0.5, 0.6) is 0 Å². The van der Waals surface area contributed by atoms with E-state index in [1.54, 1.807) is 0 Å². The maximum absolute atomic E-state index is 10.0. The van der Waals surface area contributed by atoms with E-state index in [1.165, 1.54) is 0 Å². The zero-order valence-electron chi connectivity index (χ0n) is 4.74. The number of ether oxygens (including phenoxy) is 1. The molecule has 2 atom stereocenters. The van der Waals surface area contributed by atoms with E-state index in [-0.39, 0.29) is 0 Å². The number of hydrogen-bond donors (Lipinski definition) is 1. The van der Waals surface area contributed by atoms with Gasteiger partial charge in [0.05, 0.1) is 18.7 Å². The lowest BCUT2D eigenvalue weighted by Gasteiger charge is -2.13. The summed E-state index contributed by atoms with van der Waals surface area (Å²) in [6.45, 7) is 0.305. The molecule has 0 saturated carbocycles. The van der Waals surface area contributed by atoms with Crippen LogP contribution in [0.15, 0.2) is 0 Å². The summed E-state index contributed by atoms with van der Waals surface area (Å²) in [6.07, 6.45) is -1.60. The van der Waals surface area contributed by atoms with E-state index in [1.807, 2.05) is 0 Å². The molecule has 0 aromatic carbocycles. The Morgan fingerprint density at radius 2 is 2.44 bits per heavy atom. The quantitative estimate of drug-likeness (QED) is 0.442. The lowest BCUT2D eigenvalue weighted by atomic mass is 10.2. The van der Waals surface area contributed by atoms with Crippen LogP contribution in [0.1, 0.15) is 6.42 Å². The van der Waals surface area contributed by atoms with E-state index in [2.05, 4.69) is 4.74 Å². The third kappa shape index (κ3) is 1.20. The SMILES string of the molecule is O=C([O-])C1OCCC1O. The average molecular weight is 131 g/mol. The first kappa shape index (κ1) is 6.51. The van der Waals surface area contributed by atoms with Gasteiger partial charge in [-0.15, -0.1) is 0 Å². The highest BCUT2D eigenvalue weighted by atomic mass is 16.5. The van der Waals surface area contributed by atoms with E-state index >= 15 is 0 Å². The Kier molecular flexibility index (Phi) is 1.68. The number of aliphatic hydroxyl groups is 1. The van der Waals surface area contributed by atoms with Gasteiger partial charge in [0.15, 0.2) is 0 Å². The van der Waals surface area contributed by atoms with Crippen molar-refractivity contribution in [1.29, 1.82) is 0 Å². The van der Waals surface area contributed by atoms with Crippen LogP contribution < -0.4 is 5.11 Å². The average Bonchev–Trinajstić information content (AvgIpc) is 2.13. The Labute approximate surface area is 52.1 Å². The van der Waals surface area contributed by atoms with E-state index in [4.69, 9.17) is 5.11 Å². The molecule has 9 heavy (non-hydrogen) atoms. The summed E-state index contributed by atoms with van der Waals surface area (Å²) in [5.41, 5.74) is 0. The third-order valence-corrected chi connectivity index (χ3v) is 1.29. The van der Waals surface area contributed by atoms with E-state index in [0.29, 0.717) is 13.0 Å². The molecule has 4 heteroatoms. The molecule has 1 N–H and O–H groups in total. The highest BCUT2D eigenvalue weighted by Crippen LogP contribution is 2.11. The fourth-order valence-electron chi connectivity index (χ4n) is 0.803. The number of carboxylic acids is 1. The molecule has 52 valence electrons. The Balaban J connectivity index is 2.49. The number of carbonyl (C=O) groups excluding carboxylic acids is 1. The fraction of sp³-hybridized carbons (Fsp3) is 0.800. The Hall–Kier alpha value is -0.610. The highest BCUT2D eigenvalue weighted by Gasteiger charge is 2.26. The molecule has 0 aromatic rings. The first-order valence-electron chi connectivity index (χ1n) is 2.72. The van der Waals surface area contributed by atoms with Crippen molar-refractivity contribution in [1.82, 2.24) is 0 Å². The molecular formula is C5H7O4-. The molecule has 1 saturated heterocycles. The van der Waals surface area contributed by atoms with Gasteiger partial charge in [0.1, 0.15) is 6.10 Å². The minimum absolute atomic E-state index is 0.305. The lowest BCUT2D eigenvalue weighted by molar-refractivity contribution is -0.317. The van der Waals surface area contributed by atoms with Crippen molar-refractivity contribution in [2.24, 2.45) is 0 Å². The Bertz CT molecular complexity index is 122. The van der Waals surface area contributed by atoms with Gasteiger partial charge in [0.2, 0.25) is 0 Å². The van der Waals surface area contributed by atoms with Crippen molar-refractivity contribution >= 4 is 5.97 Å². The second-order valence-corrected chi connectivity index (χ2v) is 1.97. The van der Waals surface area contributed by atoms with Crippen molar-refractivity contribution in [2.45, 2.75) is 18.6 Å². The van der Waals surface area contributed by atoms with Crippen molar-refractivity contribution in [3.8, 4) is 0 Å². The standard InChI is InChI=1S/C5H8O4/c6-3-1-2-9-4(3)5(7)8/h3-4,6H,1-2H2,(H,7,8)/p-1. The van der Waals surface area contributed by atoms with Crippen LogP contribution in [-0.2, 0) is 9.53 Å². The minimum atomic E-state index is -1.33. The minimum Gasteiger partial charge on any atom is -0.547 e. The molecule has 1 rings (SSSR count). The Morgan fingerprint density at radius 1 is 1.78 bits per heavy atom. The third-order valence-electron chi connectivity index (χ3n) is 1.29. The second-order valence-electron chi connectivity index (χ2n) is 1.97. The molecule has 0 aliphatic carbocycles. The first-order valence-corrected chi connectivity index (χ1v) is 2.72.